The summed E-state index contributed by atoms with van der Waals surface area (Å²) >= 11 is 0. The van der Waals surface area contributed by atoms with Crippen molar-refractivity contribution in [3.05, 3.63) is 46.9 Å². The normalized spacial score (nSPS) is 18.4. The molecule has 1 fully saturated rings. The van der Waals surface area contributed by atoms with Gasteiger partial charge in [0.05, 0.1) is 5.69 Å². The average molecular weight is 267 g/mol. The van der Waals surface area contributed by atoms with Gasteiger partial charge in [0.1, 0.15) is 5.82 Å². The average Bonchev–Trinajstić information content (AvgIpc) is 2.95. The van der Waals surface area contributed by atoms with Crippen molar-refractivity contribution in [2.75, 3.05) is 13.1 Å². The molecule has 3 heteroatoms. The molecular weight excluding hydrogens is 246 g/mol. The van der Waals surface area contributed by atoms with Crippen LogP contribution in [0.1, 0.15) is 35.0 Å². The fourth-order valence-corrected chi connectivity index (χ4v) is 2.80. The first-order chi connectivity index (χ1) is 9.63. The first-order valence-electron chi connectivity index (χ1n) is 7.27. The van der Waals surface area contributed by atoms with Gasteiger partial charge in [0.15, 0.2) is 0 Å². The van der Waals surface area contributed by atoms with E-state index in [0.717, 1.165) is 36.7 Å². The largest absolute Gasteiger partial charge is 0.316 e. The molecule has 0 bridgehead atoms. The summed E-state index contributed by atoms with van der Waals surface area (Å²) in [6.07, 6.45) is 1.13. The van der Waals surface area contributed by atoms with E-state index in [-0.39, 0.29) is 0 Å². The Morgan fingerprint density at radius 3 is 2.70 bits per heavy atom. The van der Waals surface area contributed by atoms with E-state index in [9.17, 15) is 0 Å². The van der Waals surface area contributed by atoms with Gasteiger partial charge in [-0.3, -0.25) is 0 Å². The number of aryl methyl sites for hydroxylation is 3. The van der Waals surface area contributed by atoms with Gasteiger partial charge in [-0.15, -0.1) is 0 Å². The zero-order valence-electron chi connectivity index (χ0n) is 12.4. The fourth-order valence-electron chi connectivity index (χ4n) is 2.80. The molecule has 1 N–H and O–H groups in total. The first-order valence-corrected chi connectivity index (χ1v) is 7.27. The van der Waals surface area contributed by atoms with Crippen LogP contribution in [0, 0.1) is 20.8 Å². The van der Waals surface area contributed by atoms with Crippen LogP contribution < -0.4 is 5.32 Å². The van der Waals surface area contributed by atoms with Gasteiger partial charge < -0.3 is 5.32 Å². The van der Waals surface area contributed by atoms with Crippen LogP contribution in [0.15, 0.2) is 24.3 Å². The van der Waals surface area contributed by atoms with Crippen LogP contribution in [-0.2, 0) is 0 Å². The summed E-state index contributed by atoms with van der Waals surface area (Å²) in [6.45, 7) is 8.39. The van der Waals surface area contributed by atoms with Crippen molar-refractivity contribution in [1.82, 2.24) is 15.3 Å². The molecular formula is C17H21N3. The van der Waals surface area contributed by atoms with Gasteiger partial charge in [-0.2, -0.15) is 0 Å². The van der Waals surface area contributed by atoms with Gasteiger partial charge in [0.25, 0.3) is 0 Å². The third kappa shape index (κ3) is 2.59. The molecule has 1 aromatic heterocycles. The smallest absolute Gasteiger partial charge is 0.133 e. The molecule has 3 nitrogen and oxygen atoms in total. The van der Waals surface area contributed by atoms with Crippen molar-refractivity contribution in [2.45, 2.75) is 33.1 Å². The van der Waals surface area contributed by atoms with Crippen molar-refractivity contribution in [2.24, 2.45) is 0 Å². The van der Waals surface area contributed by atoms with Gasteiger partial charge in [0, 0.05) is 23.7 Å². The van der Waals surface area contributed by atoms with E-state index in [4.69, 9.17) is 4.98 Å². The van der Waals surface area contributed by atoms with Crippen LogP contribution in [0.4, 0.5) is 0 Å². The van der Waals surface area contributed by atoms with Crippen LogP contribution in [0.25, 0.3) is 11.3 Å². The standard InChI is InChI=1S/C17H21N3/c1-11-4-5-12(2)15(8-11)16-9-13(3)19-17(20-16)14-6-7-18-10-14/h4-5,8-9,14,18H,6-7,10H2,1-3H3. The molecule has 0 aliphatic carbocycles. The lowest BCUT2D eigenvalue weighted by atomic mass is 10.0. The van der Waals surface area contributed by atoms with Gasteiger partial charge >= 0.3 is 0 Å². The Bertz CT molecular complexity index is 628. The quantitative estimate of drug-likeness (QED) is 0.908. The van der Waals surface area contributed by atoms with Crippen LogP contribution in [0.2, 0.25) is 0 Å². The number of rotatable bonds is 2. The topological polar surface area (TPSA) is 37.8 Å². The molecule has 1 aliphatic rings. The molecule has 3 rings (SSSR count). The molecule has 0 saturated carbocycles. The minimum absolute atomic E-state index is 0.457. The molecule has 0 spiro atoms. The summed E-state index contributed by atoms with van der Waals surface area (Å²) < 4.78 is 0. The summed E-state index contributed by atoms with van der Waals surface area (Å²) in [5.74, 6) is 1.45. The maximum Gasteiger partial charge on any atom is 0.133 e. The minimum atomic E-state index is 0.457. The van der Waals surface area contributed by atoms with E-state index in [1.54, 1.807) is 0 Å². The summed E-state index contributed by atoms with van der Waals surface area (Å²) in [7, 11) is 0. The summed E-state index contributed by atoms with van der Waals surface area (Å²) in [5, 5.41) is 3.39. The van der Waals surface area contributed by atoms with E-state index in [1.165, 1.54) is 16.7 Å². The van der Waals surface area contributed by atoms with Gasteiger partial charge in [-0.05, 0) is 51.4 Å². The molecule has 0 radical (unpaired) electrons. The molecule has 1 atom stereocenters. The monoisotopic (exact) mass is 267 g/mol. The predicted molar refractivity (Wildman–Crippen MR) is 81.9 cm³/mol. The number of benzene rings is 1. The zero-order valence-corrected chi connectivity index (χ0v) is 12.4. The van der Waals surface area contributed by atoms with Crippen LogP contribution in [0.3, 0.4) is 0 Å². The van der Waals surface area contributed by atoms with E-state index < -0.39 is 0 Å². The third-order valence-corrected chi connectivity index (χ3v) is 3.97. The molecule has 1 aromatic carbocycles. The highest BCUT2D eigenvalue weighted by molar-refractivity contribution is 5.64. The molecule has 20 heavy (non-hydrogen) atoms. The second-order valence-electron chi connectivity index (χ2n) is 5.76. The highest BCUT2D eigenvalue weighted by atomic mass is 15.0. The van der Waals surface area contributed by atoms with Gasteiger partial charge in [0.2, 0.25) is 0 Å². The second kappa shape index (κ2) is 5.33. The minimum Gasteiger partial charge on any atom is -0.316 e. The molecule has 1 saturated heterocycles. The molecule has 2 heterocycles. The predicted octanol–water partition coefficient (Wildman–Crippen LogP) is 3.15. The Morgan fingerprint density at radius 2 is 1.95 bits per heavy atom. The van der Waals surface area contributed by atoms with Crippen molar-refractivity contribution in [1.29, 1.82) is 0 Å². The third-order valence-electron chi connectivity index (χ3n) is 3.97. The summed E-state index contributed by atoms with van der Waals surface area (Å²) in [6, 6.07) is 8.62. The SMILES string of the molecule is Cc1ccc(C)c(-c2cc(C)nc(C3CCNC3)n2)c1. The Balaban J connectivity index is 2.06. The maximum absolute atomic E-state index is 4.84. The van der Waals surface area contributed by atoms with Crippen molar-refractivity contribution >= 4 is 0 Å². The van der Waals surface area contributed by atoms with Crippen LogP contribution in [0.5, 0.6) is 0 Å². The molecule has 2 aromatic rings. The lowest BCUT2D eigenvalue weighted by molar-refractivity contribution is 0.698. The Hall–Kier alpha value is -1.74. The number of aromatic nitrogens is 2. The zero-order chi connectivity index (χ0) is 14.1. The molecule has 1 unspecified atom stereocenters. The number of nitrogens with one attached hydrogen (secondary N) is 1. The highest BCUT2D eigenvalue weighted by Gasteiger charge is 2.20. The lowest BCUT2D eigenvalue weighted by Crippen LogP contribution is -2.11. The molecule has 1 aliphatic heterocycles. The number of hydrogen-bond acceptors (Lipinski definition) is 3. The Morgan fingerprint density at radius 1 is 1.10 bits per heavy atom. The fraction of sp³-hybridized carbons (Fsp3) is 0.412. The van der Waals surface area contributed by atoms with Gasteiger partial charge in [-0.25, -0.2) is 9.97 Å². The molecule has 0 amide bonds. The second-order valence-corrected chi connectivity index (χ2v) is 5.76. The van der Waals surface area contributed by atoms with Crippen molar-refractivity contribution in [3.8, 4) is 11.3 Å². The summed E-state index contributed by atoms with van der Waals surface area (Å²) in [5.41, 5.74) is 5.87. The highest BCUT2D eigenvalue weighted by Crippen LogP contribution is 2.26. The number of hydrogen-bond donors (Lipinski definition) is 1. The van der Waals surface area contributed by atoms with Crippen LogP contribution >= 0.6 is 0 Å². The van der Waals surface area contributed by atoms with E-state index >= 15 is 0 Å². The van der Waals surface area contributed by atoms with Gasteiger partial charge in [-0.1, -0.05) is 17.7 Å². The van der Waals surface area contributed by atoms with Crippen LogP contribution in [-0.4, -0.2) is 23.1 Å². The summed E-state index contributed by atoms with van der Waals surface area (Å²) in [4.78, 5) is 9.48. The van der Waals surface area contributed by atoms with E-state index in [2.05, 4.69) is 55.3 Å². The first kappa shape index (κ1) is 13.3. The Kier molecular flexibility index (Phi) is 3.53. The maximum atomic E-state index is 4.84. The van der Waals surface area contributed by atoms with E-state index in [0.29, 0.717) is 5.92 Å². The van der Waals surface area contributed by atoms with Crippen molar-refractivity contribution < 1.29 is 0 Å². The van der Waals surface area contributed by atoms with E-state index in [1.807, 2.05) is 0 Å². The van der Waals surface area contributed by atoms with Crippen molar-refractivity contribution in [3.63, 3.8) is 0 Å². The lowest BCUT2D eigenvalue weighted by Gasteiger charge is -2.12. The number of nitrogens with zero attached hydrogens (tertiary/aromatic N) is 2. The Labute approximate surface area is 120 Å². The molecule has 104 valence electrons.